The van der Waals surface area contributed by atoms with Crippen LogP contribution < -0.4 is 5.32 Å². The zero-order valence-corrected chi connectivity index (χ0v) is 14.4. The Balaban J connectivity index is 1.65. The largest absolute Gasteiger partial charge is 0.322 e. The van der Waals surface area contributed by atoms with Crippen LogP contribution in [0.3, 0.4) is 0 Å². The lowest BCUT2D eigenvalue weighted by Crippen LogP contribution is -2.12. The highest BCUT2D eigenvalue weighted by atomic mass is 32.2. The Hall–Kier alpha value is -2.18. The Morgan fingerprint density at radius 1 is 1.09 bits per heavy atom. The molecule has 0 fully saturated rings. The van der Waals surface area contributed by atoms with Crippen LogP contribution >= 0.6 is 23.1 Å². The van der Waals surface area contributed by atoms with Crippen molar-refractivity contribution in [2.24, 2.45) is 0 Å². The van der Waals surface area contributed by atoms with Gasteiger partial charge in [0.05, 0.1) is 5.56 Å². The summed E-state index contributed by atoms with van der Waals surface area (Å²) in [6.07, 6.45) is 1.58. The highest BCUT2D eigenvalue weighted by molar-refractivity contribution is 8.01. The van der Waals surface area contributed by atoms with E-state index in [1.165, 1.54) is 0 Å². The highest BCUT2D eigenvalue weighted by Crippen LogP contribution is 2.30. The van der Waals surface area contributed by atoms with Gasteiger partial charge < -0.3 is 5.32 Å². The van der Waals surface area contributed by atoms with Crippen molar-refractivity contribution in [2.45, 2.75) is 23.1 Å². The Morgan fingerprint density at radius 3 is 2.48 bits per heavy atom. The number of amides is 1. The van der Waals surface area contributed by atoms with E-state index in [2.05, 4.69) is 15.3 Å². The summed E-state index contributed by atoms with van der Waals surface area (Å²) in [4.78, 5) is 21.8. The van der Waals surface area contributed by atoms with Gasteiger partial charge >= 0.3 is 0 Å². The maximum Gasteiger partial charge on any atom is 0.257 e. The van der Waals surface area contributed by atoms with Gasteiger partial charge in [-0.2, -0.15) is 0 Å². The fourth-order valence-electron chi connectivity index (χ4n) is 1.89. The number of carbonyl (C=O) groups excluding carboxylic acids is 1. The van der Waals surface area contributed by atoms with Crippen molar-refractivity contribution in [1.82, 2.24) is 9.97 Å². The van der Waals surface area contributed by atoms with Crippen molar-refractivity contribution in [2.75, 3.05) is 5.32 Å². The molecule has 0 atom stereocenters. The summed E-state index contributed by atoms with van der Waals surface area (Å²) >= 11 is 3.25. The van der Waals surface area contributed by atoms with E-state index in [9.17, 15) is 4.79 Å². The molecule has 1 N–H and O–H groups in total. The van der Waals surface area contributed by atoms with Gasteiger partial charge in [0, 0.05) is 33.5 Å². The summed E-state index contributed by atoms with van der Waals surface area (Å²) in [5.41, 5.74) is 3.23. The summed E-state index contributed by atoms with van der Waals surface area (Å²) < 4.78 is 1.02. The predicted octanol–water partition coefficient (Wildman–Crippen LogP) is 4.56. The van der Waals surface area contributed by atoms with Gasteiger partial charge in [-0.15, -0.1) is 11.3 Å². The van der Waals surface area contributed by atoms with Crippen LogP contribution in [0.5, 0.6) is 0 Å². The topological polar surface area (TPSA) is 54.9 Å². The van der Waals surface area contributed by atoms with Crippen LogP contribution in [0.2, 0.25) is 0 Å². The van der Waals surface area contributed by atoms with Crippen LogP contribution in [-0.2, 0) is 0 Å². The number of thiazole rings is 1. The van der Waals surface area contributed by atoms with Crippen LogP contribution in [-0.4, -0.2) is 15.9 Å². The van der Waals surface area contributed by atoms with E-state index >= 15 is 0 Å². The van der Waals surface area contributed by atoms with Crippen molar-refractivity contribution >= 4 is 34.7 Å². The molecule has 0 bridgehead atoms. The van der Waals surface area contributed by atoms with Crippen LogP contribution in [0, 0.1) is 13.8 Å². The number of rotatable bonds is 4. The average Bonchev–Trinajstić information content (AvgIpc) is 2.95. The molecular weight excluding hydrogens is 326 g/mol. The van der Waals surface area contributed by atoms with E-state index in [4.69, 9.17) is 0 Å². The van der Waals surface area contributed by atoms with E-state index in [1.807, 2.05) is 49.6 Å². The number of hydrogen-bond acceptors (Lipinski definition) is 5. The second-order valence-electron chi connectivity index (χ2n) is 5.02. The van der Waals surface area contributed by atoms with Gasteiger partial charge in [0.15, 0.2) is 4.34 Å². The maximum absolute atomic E-state index is 12.1. The second kappa shape index (κ2) is 6.93. The van der Waals surface area contributed by atoms with Gasteiger partial charge in [0.25, 0.3) is 5.91 Å². The van der Waals surface area contributed by atoms with Gasteiger partial charge in [-0.25, -0.2) is 4.98 Å². The molecule has 0 saturated heterocycles. The molecule has 1 amide bonds. The SMILES string of the molecule is Cc1ccc(C(=O)Nc2ccc(Sc3nc(C)cs3)cc2)cn1. The lowest BCUT2D eigenvalue weighted by Gasteiger charge is -2.06. The number of nitrogens with zero attached hydrogens (tertiary/aromatic N) is 2. The van der Waals surface area contributed by atoms with Gasteiger partial charge in [0.1, 0.15) is 0 Å². The van der Waals surface area contributed by atoms with Crippen LogP contribution in [0.1, 0.15) is 21.7 Å². The molecule has 6 heteroatoms. The molecule has 0 spiro atoms. The number of pyridine rings is 1. The zero-order valence-electron chi connectivity index (χ0n) is 12.7. The van der Waals surface area contributed by atoms with E-state index < -0.39 is 0 Å². The third-order valence-electron chi connectivity index (χ3n) is 3.09. The minimum Gasteiger partial charge on any atom is -0.322 e. The summed E-state index contributed by atoms with van der Waals surface area (Å²) in [5.74, 6) is -0.159. The van der Waals surface area contributed by atoms with E-state index in [-0.39, 0.29) is 5.91 Å². The fourth-order valence-corrected chi connectivity index (χ4v) is 3.70. The number of nitrogens with one attached hydrogen (secondary N) is 1. The Labute approximate surface area is 143 Å². The van der Waals surface area contributed by atoms with Crippen molar-refractivity contribution in [3.8, 4) is 0 Å². The molecule has 116 valence electrons. The number of carbonyl (C=O) groups is 1. The minimum atomic E-state index is -0.159. The molecule has 0 radical (unpaired) electrons. The lowest BCUT2D eigenvalue weighted by molar-refractivity contribution is 0.102. The normalized spacial score (nSPS) is 10.5. The Morgan fingerprint density at radius 2 is 1.87 bits per heavy atom. The van der Waals surface area contributed by atoms with Crippen LogP contribution in [0.4, 0.5) is 5.69 Å². The van der Waals surface area contributed by atoms with Gasteiger partial charge in [-0.05, 0) is 50.2 Å². The lowest BCUT2D eigenvalue weighted by atomic mass is 10.2. The first-order valence-corrected chi connectivity index (χ1v) is 8.74. The van der Waals surface area contributed by atoms with E-state index in [1.54, 1.807) is 35.4 Å². The standard InChI is InChI=1S/C17H15N3OS2/c1-11-3-4-13(9-18-11)16(21)20-14-5-7-15(8-6-14)23-17-19-12(2)10-22-17/h3-10H,1-2H3,(H,20,21). The molecule has 23 heavy (non-hydrogen) atoms. The smallest absolute Gasteiger partial charge is 0.257 e. The molecule has 2 heterocycles. The summed E-state index contributed by atoms with van der Waals surface area (Å²) in [6.45, 7) is 3.88. The second-order valence-corrected chi connectivity index (χ2v) is 7.20. The molecule has 0 unspecified atom stereocenters. The maximum atomic E-state index is 12.1. The van der Waals surface area contributed by atoms with Crippen molar-refractivity contribution < 1.29 is 4.79 Å². The van der Waals surface area contributed by atoms with Crippen molar-refractivity contribution in [3.63, 3.8) is 0 Å². The molecule has 0 aliphatic carbocycles. The zero-order chi connectivity index (χ0) is 16.2. The highest BCUT2D eigenvalue weighted by Gasteiger charge is 2.07. The molecule has 0 aliphatic rings. The molecular formula is C17H15N3OS2. The Kier molecular flexibility index (Phi) is 4.73. The number of benzene rings is 1. The van der Waals surface area contributed by atoms with E-state index in [0.717, 1.165) is 26.3 Å². The van der Waals surface area contributed by atoms with E-state index in [0.29, 0.717) is 5.56 Å². The van der Waals surface area contributed by atoms with Gasteiger partial charge in [-0.1, -0.05) is 11.8 Å². The molecule has 3 rings (SSSR count). The Bertz CT molecular complexity index is 811. The van der Waals surface area contributed by atoms with Gasteiger partial charge in [0.2, 0.25) is 0 Å². The first-order valence-electron chi connectivity index (χ1n) is 7.04. The number of anilines is 1. The molecule has 0 aliphatic heterocycles. The van der Waals surface area contributed by atoms with Crippen molar-refractivity contribution in [3.05, 3.63) is 64.9 Å². The molecule has 2 aromatic heterocycles. The first kappa shape index (κ1) is 15.7. The van der Waals surface area contributed by atoms with Crippen LogP contribution in [0.15, 0.2) is 57.2 Å². The predicted molar refractivity (Wildman–Crippen MR) is 94.3 cm³/mol. The summed E-state index contributed by atoms with van der Waals surface area (Å²) in [5, 5.41) is 4.91. The monoisotopic (exact) mass is 341 g/mol. The third kappa shape index (κ3) is 4.18. The number of aromatic nitrogens is 2. The molecule has 0 saturated carbocycles. The molecule has 4 nitrogen and oxygen atoms in total. The van der Waals surface area contributed by atoms with Gasteiger partial charge in [-0.3, -0.25) is 9.78 Å². The van der Waals surface area contributed by atoms with Crippen LogP contribution in [0.25, 0.3) is 0 Å². The number of hydrogen-bond donors (Lipinski definition) is 1. The average molecular weight is 341 g/mol. The van der Waals surface area contributed by atoms with Crippen molar-refractivity contribution in [1.29, 1.82) is 0 Å². The summed E-state index contributed by atoms with van der Waals surface area (Å²) in [6, 6.07) is 11.3. The fraction of sp³-hybridized carbons (Fsp3) is 0.118. The minimum absolute atomic E-state index is 0.159. The first-order chi connectivity index (χ1) is 11.1. The molecule has 1 aromatic carbocycles. The molecule has 3 aromatic rings. The quantitative estimate of drug-likeness (QED) is 0.756. The third-order valence-corrected chi connectivity index (χ3v) is 5.15. The summed E-state index contributed by atoms with van der Waals surface area (Å²) in [7, 11) is 0. The number of aryl methyl sites for hydroxylation is 2.